The van der Waals surface area contributed by atoms with Crippen molar-refractivity contribution in [1.29, 1.82) is 0 Å². The molecule has 2 atom stereocenters. The van der Waals surface area contributed by atoms with Gasteiger partial charge in [-0.3, -0.25) is 4.79 Å². The van der Waals surface area contributed by atoms with Crippen molar-refractivity contribution >= 4 is 32.6 Å². The van der Waals surface area contributed by atoms with Crippen LogP contribution < -0.4 is 11.1 Å². The lowest BCUT2D eigenvalue weighted by atomic mass is 10.1. The van der Waals surface area contributed by atoms with Crippen LogP contribution in [0, 0.1) is 0 Å². The van der Waals surface area contributed by atoms with E-state index in [1.807, 2.05) is 13.0 Å². The molecule has 2 aromatic rings. The summed E-state index contributed by atoms with van der Waals surface area (Å²) >= 11 is 1.41. The number of nitrogen functional groups attached to an aromatic ring is 1. The molecule has 0 unspecified atom stereocenters. The number of nitrogens with one attached hydrogen (secondary N) is 1. The molecule has 0 aliphatic carbocycles. The molecule has 21 heavy (non-hydrogen) atoms. The van der Waals surface area contributed by atoms with E-state index in [9.17, 15) is 4.79 Å². The molecule has 0 spiro atoms. The monoisotopic (exact) mass is 307 g/mol. The van der Waals surface area contributed by atoms with Crippen molar-refractivity contribution in [2.45, 2.75) is 19.1 Å². The molecule has 6 nitrogen and oxygen atoms in total. The Morgan fingerprint density at radius 1 is 1.57 bits per heavy atom. The Morgan fingerprint density at radius 3 is 3.24 bits per heavy atom. The molecule has 0 bridgehead atoms. The van der Waals surface area contributed by atoms with Crippen LogP contribution in [0.25, 0.3) is 10.2 Å². The van der Waals surface area contributed by atoms with E-state index in [1.54, 1.807) is 12.1 Å². The predicted molar refractivity (Wildman–Crippen MR) is 81.5 cm³/mol. The van der Waals surface area contributed by atoms with Crippen molar-refractivity contribution in [2.75, 3.05) is 25.6 Å². The van der Waals surface area contributed by atoms with Crippen molar-refractivity contribution in [3.05, 3.63) is 23.8 Å². The first kappa shape index (κ1) is 14.2. The molecule has 1 aliphatic rings. The van der Waals surface area contributed by atoms with Gasteiger partial charge in [0.2, 0.25) is 0 Å². The summed E-state index contributed by atoms with van der Waals surface area (Å²) < 4.78 is 11.9. The quantitative estimate of drug-likeness (QED) is 0.892. The van der Waals surface area contributed by atoms with Crippen molar-refractivity contribution in [1.82, 2.24) is 10.3 Å². The van der Waals surface area contributed by atoms with E-state index < -0.39 is 0 Å². The van der Waals surface area contributed by atoms with Gasteiger partial charge in [0.15, 0.2) is 5.13 Å². The summed E-state index contributed by atoms with van der Waals surface area (Å²) in [6.45, 7) is 3.52. The number of anilines is 1. The molecule has 1 saturated heterocycles. The first-order valence-electron chi connectivity index (χ1n) is 6.83. The average Bonchev–Trinajstić information content (AvgIpc) is 3.04. The van der Waals surface area contributed by atoms with Crippen LogP contribution in [0.5, 0.6) is 0 Å². The van der Waals surface area contributed by atoms with Crippen LogP contribution in [-0.4, -0.2) is 42.9 Å². The smallest absolute Gasteiger partial charge is 0.251 e. The van der Waals surface area contributed by atoms with Crippen molar-refractivity contribution in [3.63, 3.8) is 0 Å². The summed E-state index contributed by atoms with van der Waals surface area (Å²) in [6.07, 6.45) is -0.0856. The van der Waals surface area contributed by atoms with E-state index in [-0.39, 0.29) is 18.1 Å². The largest absolute Gasteiger partial charge is 0.376 e. The van der Waals surface area contributed by atoms with Crippen LogP contribution in [-0.2, 0) is 9.47 Å². The second kappa shape index (κ2) is 5.97. The zero-order valence-corrected chi connectivity index (χ0v) is 12.5. The number of benzene rings is 1. The maximum atomic E-state index is 12.3. The van der Waals surface area contributed by atoms with E-state index in [0.717, 1.165) is 10.2 Å². The van der Waals surface area contributed by atoms with E-state index in [0.29, 0.717) is 30.5 Å². The van der Waals surface area contributed by atoms with Crippen molar-refractivity contribution in [3.8, 4) is 0 Å². The average molecular weight is 307 g/mol. The van der Waals surface area contributed by atoms with Crippen LogP contribution in [0.3, 0.4) is 0 Å². The van der Waals surface area contributed by atoms with Gasteiger partial charge in [-0.25, -0.2) is 4.98 Å². The van der Waals surface area contributed by atoms with E-state index in [1.165, 1.54) is 11.3 Å². The number of carbonyl (C=O) groups is 1. The summed E-state index contributed by atoms with van der Waals surface area (Å²) in [4.78, 5) is 16.5. The molecule has 112 valence electrons. The minimum Gasteiger partial charge on any atom is -0.376 e. The van der Waals surface area contributed by atoms with E-state index >= 15 is 0 Å². The fraction of sp³-hybridized carbons (Fsp3) is 0.429. The zero-order chi connectivity index (χ0) is 14.8. The Bertz CT molecular complexity index is 658. The minimum absolute atomic E-state index is 0.0856. The molecule has 0 saturated carbocycles. The molecule has 0 radical (unpaired) electrons. The maximum absolute atomic E-state index is 12.3. The highest BCUT2D eigenvalue weighted by molar-refractivity contribution is 7.22. The highest BCUT2D eigenvalue weighted by Crippen LogP contribution is 2.24. The third-order valence-corrected chi connectivity index (χ3v) is 4.26. The van der Waals surface area contributed by atoms with Gasteiger partial charge in [-0.05, 0) is 25.1 Å². The number of amides is 1. The van der Waals surface area contributed by atoms with Gasteiger partial charge in [-0.15, -0.1) is 0 Å². The third-order valence-electron chi connectivity index (χ3n) is 3.39. The molecule has 1 aliphatic heterocycles. The molecule has 2 heterocycles. The fourth-order valence-corrected chi connectivity index (χ4v) is 3.10. The van der Waals surface area contributed by atoms with Gasteiger partial charge in [-0.2, -0.15) is 0 Å². The second-order valence-corrected chi connectivity index (χ2v) is 5.91. The number of aromatic nitrogens is 1. The molecule has 1 fully saturated rings. The number of hydrogen-bond donors (Lipinski definition) is 2. The van der Waals surface area contributed by atoms with Gasteiger partial charge in [0.05, 0.1) is 29.5 Å². The number of thiazole rings is 1. The topological polar surface area (TPSA) is 86.5 Å². The van der Waals surface area contributed by atoms with Gasteiger partial charge in [0, 0.05) is 12.2 Å². The standard InChI is InChI=1S/C14H17N3O3S/c1-2-20-11-7-19-6-10(11)16-13(18)8-3-4-12-9(5-8)17-14(15)21-12/h3-5,10-11H,2,6-7H2,1H3,(H2,15,17)(H,16,18)/t10-,11-/m1/s1. The molecule has 3 N–H and O–H groups in total. The lowest BCUT2D eigenvalue weighted by molar-refractivity contribution is 0.0402. The SMILES string of the molecule is CCO[C@@H]1COC[C@H]1NC(=O)c1ccc2sc(N)nc2c1. The summed E-state index contributed by atoms with van der Waals surface area (Å²) in [5, 5.41) is 3.46. The van der Waals surface area contributed by atoms with Gasteiger partial charge in [-0.1, -0.05) is 11.3 Å². The molecular weight excluding hydrogens is 290 g/mol. The lowest BCUT2D eigenvalue weighted by Gasteiger charge is -2.18. The van der Waals surface area contributed by atoms with Gasteiger partial charge in [0.25, 0.3) is 5.91 Å². The van der Waals surface area contributed by atoms with Gasteiger partial charge in [0.1, 0.15) is 6.10 Å². The molecule has 7 heteroatoms. The normalized spacial score (nSPS) is 21.8. The van der Waals surface area contributed by atoms with Gasteiger partial charge >= 0.3 is 0 Å². The first-order valence-corrected chi connectivity index (χ1v) is 7.65. The first-order chi connectivity index (χ1) is 10.2. The van der Waals surface area contributed by atoms with Crippen molar-refractivity contribution in [2.24, 2.45) is 0 Å². The van der Waals surface area contributed by atoms with E-state index in [2.05, 4.69) is 10.3 Å². The highest BCUT2D eigenvalue weighted by atomic mass is 32.1. The number of fused-ring (bicyclic) bond motifs is 1. The lowest BCUT2D eigenvalue weighted by Crippen LogP contribution is -2.43. The van der Waals surface area contributed by atoms with Crippen LogP contribution in [0.4, 0.5) is 5.13 Å². The van der Waals surface area contributed by atoms with Crippen LogP contribution in [0.2, 0.25) is 0 Å². The van der Waals surface area contributed by atoms with Crippen molar-refractivity contribution < 1.29 is 14.3 Å². The number of carbonyl (C=O) groups excluding carboxylic acids is 1. The summed E-state index contributed by atoms with van der Waals surface area (Å²) in [5.74, 6) is -0.149. The molecule has 1 amide bonds. The number of nitrogens with two attached hydrogens (primary N) is 1. The number of rotatable bonds is 4. The third kappa shape index (κ3) is 2.99. The van der Waals surface area contributed by atoms with Crippen LogP contribution >= 0.6 is 11.3 Å². The minimum atomic E-state index is -0.149. The maximum Gasteiger partial charge on any atom is 0.251 e. The molecule has 3 rings (SSSR count). The Hall–Kier alpha value is -1.70. The fourth-order valence-electron chi connectivity index (χ4n) is 2.39. The second-order valence-electron chi connectivity index (χ2n) is 4.85. The Labute approximate surface area is 126 Å². The Balaban J connectivity index is 1.74. The summed E-state index contributed by atoms with van der Waals surface area (Å²) in [6, 6.07) is 5.28. The zero-order valence-electron chi connectivity index (χ0n) is 11.7. The molecular formula is C14H17N3O3S. The Morgan fingerprint density at radius 2 is 2.43 bits per heavy atom. The van der Waals surface area contributed by atoms with Crippen LogP contribution in [0.1, 0.15) is 17.3 Å². The van der Waals surface area contributed by atoms with Gasteiger partial charge < -0.3 is 20.5 Å². The Kier molecular flexibility index (Phi) is 4.05. The van der Waals surface area contributed by atoms with Crippen LogP contribution in [0.15, 0.2) is 18.2 Å². The summed E-state index contributed by atoms with van der Waals surface area (Å²) in [5.41, 5.74) is 6.98. The number of ether oxygens (including phenoxy) is 2. The van der Waals surface area contributed by atoms with E-state index in [4.69, 9.17) is 15.2 Å². The summed E-state index contributed by atoms with van der Waals surface area (Å²) in [7, 11) is 0. The highest BCUT2D eigenvalue weighted by Gasteiger charge is 2.30. The number of hydrogen-bond acceptors (Lipinski definition) is 6. The predicted octanol–water partition coefficient (Wildman–Crippen LogP) is 1.41. The number of nitrogens with zero attached hydrogens (tertiary/aromatic N) is 1. The molecule has 1 aromatic heterocycles. The molecule has 1 aromatic carbocycles.